The average Bonchev–Trinajstić information content (AvgIpc) is 2.72. The molecule has 0 aromatic rings. The third-order valence-corrected chi connectivity index (χ3v) is 4.37. The zero-order valence-corrected chi connectivity index (χ0v) is 10.6. The average molecular weight is 260 g/mol. The van der Waals surface area contributed by atoms with Crippen molar-refractivity contribution in [3.8, 4) is 0 Å². The van der Waals surface area contributed by atoms with E-state index in [1.54, 1.807) is 0 Å². The molecule has 14 heavy (non-hydrogen) atoms. The van der Waals surface area contributed by atoms with Gasteiger partial charge in [-0.1, -0.05) is 35.2 Å². The third-order valence-electron chi connectivity index (χ3n) is 3.91. The molecule has 0 amide bonds. The van der Waals surface area contributed by atoms with Gasteiger partial charge in [-0.25, -0.2) is 0 Å². The molecule has 1 aliphatic heterocycles. The summed E-state index contributed by atoms with van der Waals surface area (Å²) in [4.78, 5) is 2.83. The zero-order chi connectivity index (χ0) is 9.80. The van der Waals surface area contributed by atoms with Gasteiger partial charge in [-0.2, -0.15) is 0 Å². The predicted octanol–water partition coefficient (Wildman–Crippen LogP) is 3.57. The molecular weight excluding hydrogens is 238 g/mol. The molecule has 2 aliphatic rings. The van der Waals surface area contributed by atoms with E-state index in [9.17, 15) is 0 Å². The highest BCUT2D eigenvalue weighted by atomic mass is 79.9. The lowest BCUT2D eigenvalue weighted by Crippen LogP contribution is -2.45. The van der Waals surface area contributed by atoms with Gasteiger partial charge in [-0.15, -0.1) is 0 Å². The third kappa shape index (κ3) is 2.52. The van der Waals surface area contributed by atoms with Crippen LogP contribution in [0, 0.1) is 0 Å². The summed E-state index contributed by atoms with van der Waals surface area (Å²) in [5.74, 6) is 0. The van der Waals surface area contributed by atoms with Gasteiger partial charge in [-0.05, 0) is 38.6 Å². The molecule has 1 saturated carbocycles. The van der Waals surface area contributed by atoms with Crippen molar-refractivity contribution in [2.75, 3.05) is 11.9 Å². The van der Waals surface area contributed by atoms with Crippen LogP contribution < -0.4 is 0 Å². The van der Waals surface area contributed by atoms with E-state index in [1.165, 1.54) is 63.2 Å². The maximum atomic E-state index is 3.59. The van der Waals surface area contributed by atoms with Crippen LogP contribution in [-0.2, 0) is 0 Å². The molecule has 2 rings (SSSR count). The molecule has 2 fully saturated rings. The smallest absolute Gasteiger partial charge is 0.0106 e. The standard InChI is InChI=1S/C12H22BrN/c13-9-8-12-7-3-4-10-14(12)11-5-1-2-6-11/h11-12H,1-10H2. The fourth-order valence-electron chi connectivity index (χ4n) is 3.18. The second-order valence-corrected chi connectivity index (χ2v) is 5.60. The van der Waals surface area contributed by atoms with E-state index < -0.39 is 0 Å². The lowest BCUT2D eigenvalue weighted by atomic mass is 9.97. The van der Waals surface area contributed by atoms with E-state index in [0.717, 1.165) is 12.1 Å². The Kier molecular flexibility index (Phi) is 4.30. The van der Waals surface area contributed by atoms with Crippen LogP contribution in [0.25, 0.3) is 0 Å². The van der Waals surface area contributed by atoms with Gasteiger partial charge in [-0.3, -0.25) is 4.90 Å². The van der Waals surface area contributed by atoms with Crippen LogP contribution in [0.4, 0.5) is 0 Å². The van der Waals surface area contributed by atoms with Crippen molar-refractivity contribution in [3.63, 3.8) is 0 Å². The van der Waals surface area contributed by atoms with Gasteiger partial charge >= 0.3 is 0 Å². The number of hydrogen-bond donors (Lipinski definition) is 0. The number of hydrogen-bond acceptors (Lipinski definition) is 1. The molecule has 1 atom stereocenters. The summed E-state index contributed by atoms with van der Waals surface area (Å²) < 4.78 is 0. The van der Waals surface area contributed by atoms with Crippen LogP contribution in [0.15, 0.2) is 0 Å². The van der Waals surface area contributed by atoms with Crippen molar-refractivity contribution in [1.29, 1.82) is 0 Å². The largest absolute Gasteiger partial charge is 0.297 e. The maximum Gasteiger partial charge on any atom is 0.0106 e. The first-order valence-electron chi connectivity index (χ1n) is 6.23. The van der Waals surface area contributed by atoms with E-state index in [2.05, 4.69) is 20.8 Å². The minimum atomic E-state index is 0.895. The Labute approximate surface area is 96.4 Å². The van der Waals surface area contributed by atoms with Gasteiger partial charge < -0.3 is 0 Å². The summed E-state index contributed by atoms with van der Waals surface area (Å²) in [5, 5.41) is 1.18. The van der Waals surface area contributed by atoms with Crippen molar-refractivity contribution in [2.24, 2.45) is 0 Å². The van der Waals surface area contributed by atoms with Crippen LogP contribution in [-0.4, -0.2) is 28.9 Å². The SMILES string of the molecule is BrCCC1CCCCN1C1CCCC1. The Balaban J connectivity index is 1.91. The van der Waals surface area contributed by atoms with Gasteiger partial charge in [0.2, 0.25) is 0 Å². The second-order valence-electron chi connectivity index (χ2n) is 4.80. The maximum absolute atomic E-state index is 3.59. The number of alkyl halides is 1. The minimum absolute atomic E-state index is 0.895. The van der Waals surface area contributed by atoms with Gasteiger partial charge in [0.1, 0.15) is 0 Å². The molecule has 0 spiro atoms. The number of nitrogens with zero attached hydrogens (tertiary/aromatic N) is 1. The van der Waals surface area contributed by atoms with E-state index in [0.29, 0.717) is 0 Å². The molecule has 1 heterocycles. The molecule has 82 valence electrons. The van der Waals surface area contributed by atoms with Crippen LogP contribution in [0.5, 0.6) is 0 Å². The molecule has 1 aliphatic carbocycles. The quantitative estimate of drug-likeness (QED) is 0.701. The molecule has 1 nitrogen and oxygen atoms in total. The van der Waals surface area contributed by atoms with Crippen molar-refractivity contribution >= 4 is 15.9 Å². The Morgan fingerprint density at radius 3 is 2.43 bits per heavy atom. The summed E-state index contributed by atoms with van der Waals surface area (Å²) in [5.41, 5.74) is 0. The monoisotopic (exact) mass is 259 g/mol. The first-order chi connectivity index (χ1) is 6.92. The highest BCUT2D eigenvalue weighted by molar-refractivity contribution is 9.09. The normalized spacial score (nSPS) is 31.1. The summed E-state index contributed by atoms with van der Waals surface area (Å²) in [6, 6.07) is 1.84. The minimum Gasteiger partial charge on any atom is -0.297 e. The van der Waals surface area contributed by atoms with Crippen molar-refractivity contribution in [1.82, 2.24) is 4.90 Å². The van der Waals surface area contributed by atoms with Gasteiger partial charge in [0.05, 0.1) is 0 Å². The van der Waals surface area contributed by atoms with Gasteiger partial charge in [0, 0.05) is 17.4 Å². The molecule has 0 aromatic carbocycles. The molecule has 0 N–H and O–H groups in total. The first kappa shape index (κ1) is 10.9. The van der Waals surface area contributed by atoms with Gasteiger partial charge in [0.15, 0.2) is 0 Å². The number of likely N-dealkylation sites (tertiary alicyclic amines) is 1. The summed E-state index contributed by atoms with van der Waals surface area (Å²) in [6.07, 6.45) is 11.6. The topological polar surface area (TPSA) is 3.24 Å². The Morgan fingerprint density at radius 1 is 1.00 bits per heavy atom. The van der Waals surface area contributed by atoms with E-state index >= 15 is 0 Å². The lowest BCUT2D eigenvalue weighted by Gasteiger charge is -2.39. The molecule has 1 saturated heterocycles. The fraction of sp³-hybridized carbons (Fsp3) is 1.00. The summed E-state index contributed by atoms with van der Waals surface area (Å²) in [6.45, 7) is 1.38. The molecule has 0 aromatic heterocycles. The molecule has 0 bridgehead atoms. The summed E-state index contributed by atoms with van der Waals surface area (Å²) >= 11 is 3.59. The molecule has 0 radical (unpaired) electrons. The summed E-state index contributed by atoms with van der Waals surface area (Å²) in [7, 11) is 0. The van der Waals surface area contributed by atoms with Gasteiger partial charge in [0.25, 0.3) is 0 Å². The molecule has 1 unspecified atom stereocenters. The predicted molar refractivity (Wildman–Crippen MR) is 65.0 cm³/mol. The Hall–Kier alpha value is 0.440. The van der Waals surface area contributed by atoms with Crippen LogP contribution in [0.3, 0.4) is 0 Å². The van der Waals surface area contributed by atoms with Crippen LogP contribution >= 0.6 is 15.9 Å². The first-order valence-corrected chi connectivity index (χ1v) is 7.35. The fourth-order valence-corrected chi connectivity index (χ4v) is 3.70. The van der Waals surface area contributed by atoms with Crippen molar-refractivity contribution in [2.45, 2.75) is 63.5 Å². The Morgan fingerprint density at radius 2 is 1.71 bits per heavy atom. The van der Waals surface area contributed by atoms with Crippen molar-refractivity contribution in [3.05, 3.63) is 0 Å². The molecular formula is C12H22BrN. The zero-order valence-electron chi connectivity index (χ0n) is 9.05. The number of piperidine rings is 1. The molecule has 2 heteroatoms. The Bertz CT molecular complexity index is 164. The van der Waals surface area contributed by atoms with Crippen molar-refractivity contribution < 1.29 is 0 Å². The second kappa shape index (κ2) is 5.50. The number of rotatable bonds is 3. The van der Waals surface area contributed by atoms with Crippen LogP contribution in [0.1, 0.15) is 51.4 Å². The van der Waals surface area contributed by atoms with E-state index in [1.807, 2.05) is 0 Å². The van der Waals surface area contributed by atoms with E-state index in [4.69, 9.17) is 0 Å². The van der Waals surface area contributed by atoms with E-state index in [-0.39, 0.29) is 0 Å². The lowest BCUT2D eigenvalue weighted by molar-refractivity contribution is 0.0952. The highest BCUT2D eigenvalue weighted by Crippen LogP contribution is 2.30. The number of halogens is 1. The highest BCUT2D eigenvalue weighted by Gasteiger charge is 2.29. The van der Waals surface area contributed by atoms with Crippen LogP contribution in [0.2, 0.25) is 0 Å².